The van der Waals surface area contributed by atoms with E-state index in [-0.39, 0.29) is 17.5 Å². The number of nitrogens with one attached hydrogen (secondary N) is 3. The van der Waals surface area contributed by atoms with Gasteiger partial charge in [-0.3, -0.25) is 4.90 Å². The van der Waals surface area contributed by atoms with Gasteiger partial charge in [0, 0.05) is 30.9 Å². The molecule has 2 aromatic carbocycles. The zero-order valence-corrected chi connectivity index (χ0v) is 19.3. The lowest BCUT2D eigenvalue weighted by Gasteiger charge is -2.23. The van der Waals surface area contributed by atoms with E-state index in [0.717, 1.165) is 25.1 Å². The van der Waals surface area contributed by atoms with Crippen molar-refractivity contribution < 1.29 is 13.5 Å². The first-order valence-electron chi connectivity index (χ1n) is 11.4. The Morgan fingerprint density at radius 2 is 1.74 bits per heavy atom. The van der Waals surface area contributed by atoms with Crippen molar-refractivity contribution in [2.75, 3.05) is 42.7 Å². The van der Waals surface area contributed by atoms with Gasteiger partial charge in [-0.25, -0.2) is 8.78 Å². The highest BCUT2D eigenvalue weighted by molar-refractivity contribution is 5.57. The Bertz CT molecular complexity index is 1100. The van der Waals surface area contributed by atoms with Crippen LogP contribution in [0.2, 0.25) is 0 Å². The summed E-state index contributed by atoms with van der Waals surface area (Å²) in [6, 6.07) is 11.2. The molecule has 2 heterocycles. The van der Waals surface area contributed by atoms with Crippen LogP contribution in [0, 0.1) is 11.6 Å². The molecule has 10 heteroatoms. The van der Waals surface area contributed by atoms with E-state index in [1.807, 2.05) is 0 Å². The molecule has 1 fully saturated rings. The number of hydrogen-bond donors (Lipinski definition) is 3. The van der Waals surface area contributed by atoms with Gasteiger partial charge >= 0.3 is 0 Å². The number of nitrogens with zero attached hydrogens (tertiary/aromatic N) is 4. The molecule has 0 aliphatic carbocycles. The Labute approximate surface area is 197 Å². The Kier molecular flexibility index (Phi) is 7.69. The highest BCUT2D eigenvalue weighted by Crippen LogP contribution is 2.23. The molecule has 0 amide bonds. The van der Waals surface area contributed by atoms with Gasteiger partial charge in [-0.05, 0) is 55.8 Å². The van der Waals surface area contributed by atoms with E-state index >= 15 is 0 Å². The highest BCUT2D eigenvalue weighted by atomic mass is 19.1. The van der Waals surface area contributed by atoms with E-state index in [4.69, 9.17) is 4.74 Å². The molecule has 1 aliphatic heterocycles. The smallest absolute Gasteiger partial charge is 0.233 e. The summed E-state index contributed by atoms with van der Waals surface area (Å²) in [4.78, 5) is 15.8. The second kappa shape index (κ2) is 11.1. The summed E-state index contributed by atoms with van der Waals surface area (Å²) >= 11 is 0. The van der Waals surface area contributed by atoms with Gasteiger partial charge in [0.25, 0.3) is 0 Å². The SMILES string of the molecule is CCN1CCCC1CNc1nc(NCc2ccc(F)cc2)nc(Nc2ccc(OC)c(F)c2)n1. The number of rotatable bonds is 10. The molecular weight excluding hydrogens is 440 g/mol. The lowest BCUT2D eigenvalue weighted by molar-refractivity contribution is 0.277. The minimum atomic E-state index is -0.490. The monoisotopic (exact) mass is 469 g/mol. The Balaban J connectivity index is 1.52. The fraction of sp³-hybridized carbons (Fsp3) is 0.375. The lowest BCUT2D eigenvalue weighted by atomic mass is 10.2. The van der Waals surface area contributed by atoms with Crippen LogP contribution in [0.4, 0.5) is 32.3 Å². The molecular formula is C24H29F2N7O. The summed E-state index contributed by atoms with van der Waals surface area (Å²) in [5.41, 5.74) is 1.36. The molecule has 3 N–H and O–H groups in total. The average Bonchev–Trinajstić information content (AvgIpc) is 3.30. The number of benzene rings is 2. The van der Waals surface area contributed by atoms with Crippen LogP contribution in [0.3, 0.4) is 0 Å². The first-order chi connectivity index (χ1) is 16.5. The van der Waals surface area contributed by atoms with Crippen molar-refractivity contribution in [3.05, 3.63) is 59.7 Å². The van der Waals surface area contributed by atoms with Crippen LogP contribution in [0.5, 0.6) is 5.75 Å². The number of aromatic nitrogens is 3. The number of anilines is 4. The molecule has 0 spiro atoms. The van der Waals surface area contributed by atoms with Crippen LogP contribution in [0.1, 0.15) is 25.3 Å². The topological polar surface area (TPSA) is 87.2 Å². The van der Waals surface area contributed by atoms with Crippen molar-refractivity contribution in [2.45, 2.75) is 32.4 Å². The number of hydrogen-bond acceptors (Lipinski definition) is 8. The molecule has 1 saturated heterocycles. The Hall–Kier alpha value is -3.53. The van der Waals surface area contributed by atoms with Crippen LogP contribution in [0.15, 0.2) is 42.5 Å². The lowest BCUT2D eigenvalue weighted by Crippen LogP contribution is -2.35. The largest absolute Gasteiger partial charge is 0.494 e. The minimum Gasteiger partial charge on any atom is -0.494 e. The van der Waals surface area contributed by atoms with Crippen LogP contribution in [-0.2, 0) is 6.54 Å². The van der Waals surface area contributed by atoms with E-state index < -0.39 is 5.82 Å². The van der Waals surface area contributed by atoms with Crippen molar-refractivity contribution in [3.8, 4) is 5.75 Å². The Morgan fingerprint density at radius 3 is 2.44 bits per heavy atom. The standard InChI is InChI=1S/C24H29F2N7O/c1-3-33-12-4-5-19(33)15-28-23-30-22(27-14-16-6-8-17(25)9-7-16)31-24(32-23)29-18-10-11-21(34-2)20(26)13-18/h6-11,13,19H,3-5,12,14-15H2,1-2H3,(H3,27,28,29,30,31,32). The first kappa shape index (κ1) is 23.6. The van der Waals surface area contributed by atoms with E-state index in [1.54, 1.807) is 18.2 Å². The molecule has 8 nitrogen and oxygen atoms in total. The first-order valence-corrected chi connectivity index (χ1v) is 11.4. The summed E-state index contributed by atoms with van der Waals surface area (Å²) in [7, 11) is 1.42. The number of likely N-dealkylation sites (tertiary alicyclic amines) is 1. The van der Waals surface area contributed by atoms with Gasteiger partial charge in [-0.2, -0.15) is 15.0 Å². The molecule has 180 valence electrons. The normalized spacial score (nSPS) is 15.8. The van der Waals surface area contributed by atoms with Gasteiger partial charge in [0.15, 0.2) is 11.6 Å². The summed E-state index contributed by atoms with van der Waals surface area (Å²) in [6.07, 6.45) is 2.30. The van der Waals surface area contributed by atoms with E-state index in [0.29, 0.717) is 36.7 Å². The van der Waals surface area contributed by atoms with Crippen molar-refractivity contribution in [1.82, 2.24) is 19.9 Å². The minimum absolute atomic E-state index is 0.155. The van der Waals surface area contributed by atoms with Gasteiger partial charge < -0.3 is 20.7 Å². The molecule has 1 atom stereocenters. The molecule has 1 unspecified atom stereocenters. The van der Waals surface area contributed by atoms with Crippen LogP contribution in [-0.4, -0.2) is 52.6 Å². The third-order valence-electron chi connectivity index (χ3n) is 5.81. The fourth-order valence-electron chi connectivity index (χ4n) is 4.00. The van der Waals surface area contributed by atoms with Gasteiger partial charge in [-0.15, -0.1) is 0 Å². The summed E-state index contributed by atoms with van der Waals surface area (Å²) in [5.74, 6) is 0.398. The van der Waals surface area contributed by atoms with Crippen molar-refractivity contribution in [1.29, 1.82) is 0 Å². The quantitative estimate of drug-likeness (QED) is 0.403. The summed E-state index contributed by atoms with van der Waals surface area (Å²) in [5, 5.41) is 9.51. The molecule has 1 aromatic heterocycles. The van der Waals surface area contributed by atoms with Crippen LogP contribution in [0.25, 0.3) is 0 Å². The zero-order valence-electron chi connectivity index (χ0n) is 19.3. The molecule has 0 bridgehead atoms. The predicted octanol–water partition coefficient (Wildman–Crippen LogP) is 4.41. The number of likely N-dealkylation sites (N-methyl/N-ethyl adjacent to an activating group) is 1. The fourth-order valence-corrected chi connectivity index (χ4v) is 4.00. The maximum Gasteiger partial charge on any atom is 0.233 e. The molecule has 4 rings (SSSR count). The second-order valence-electron chi connectivity index (χ2n) is 8.07. The van der Waals surface area contributed by atoms with E-state index in [9.17, 15) is 8.78 Å². The maximum atomic E-state index is 14.1. The van der Waals surface area contributed by atoms with Gasteiger partial charge in [0.05, 0.1) is 7.11 Å². The second-order valence-corrected chi connectivity index (χ2v) is 8.07. The average molecular weight is 470 g/mol. The molecule has 1 aliphatic rings. The predicted molar refractivity (Wildman–Crippen MR) is 129 cm³/mol. The number of ether oxygens (including phenoxy) is 1. The van der Waals surface area contributed by atoms with Gasteiger partial charge in [0.2, 0.25) is 17.8 Å². The van der Waals surface area contributed by atoms with Crippen molar-refractivity contribution >= 4 is 23.5 Å². The van der Waals surface area contributed by atoms with Crippen LogP contribution >= 0.6 is 0 Å². The highest BCUT2D eigenvalue weighted by Gasteiger charge is 2.23. The molecule has 34 heavy (non-hydrogen) atoms. The zero-order chi connectivity index (χ0) is 23.9. The van der Waals surface area contributed by atoms with E-state index in [2.05, 4.69) is 42.7 Å². The van der Waals surface area contributed by atoms with Crippen molar-refractivity contribution in [3.63, 3.8) is 0 Å². The van der Waals surface area contributed by atoms with E-state index in [1.165, 1.54) is 37.8 Å². The van der Waals surface area contributed by atoms with Gasteiger partial charge in [0.1, 0.15) is 5.82 Å². The molecule has 0 radical (unpaired) electrons. The number of methoxy groups -OCH3 is 1. The number of halogens is 2. The summed E-state index contributed by atoms with van der Waals surface area (Å²) in [6.45, 7) is 5.39. The van der Waals surface area contributed by atoms with Crippen LogP contribution < -0.4 is 20.7 Å². The summed E-state index contributed by atoms with van der Waals surface area (Å²) < 4.78 is 32.3. The third-order valence-corrected chi connectivity index (χ3v) is 5.81. The van der Waals surface area contributed by atoms with Crippen molar-refractivity contribution in [2.24, 2.45) is 0 Å². The molecule has 3 aromatic rings. The maximum absolute atomic E-state index is 14.1. The molecule has 0 saturated carbocycles. The third kappa shape index (κ3) is 6.07. The van der Waals surface area contributed by atoms with Gasteiger partial charge in [-0.1, -0.05) is 19.1 Å². The Morgan fingerprint density at radius 1 is 1.00 bits per heavy atom.